The first-order valence-corrected chi connectivity index (χ1v) is 6.69. The first-order valence-electron chi connectivity index (χ1n) is 2.67. The van der Waals surface area contributed by atoms with Crippen molar-refractivity contribution in [1.82, 2.24) is 0 Å². The molecule has 0 aliphatic heterocycles. The highest BCUT2D eigenvalue weighted by atomic mass is 32.2. The van der Waals surface area contributed by atoms with Gasteiger partial charge >= 0.3 is 0 Å². The first kappa shape index (κ1) is 10.9. The first-order chi connectivity index (χ1) is 4.63. The lowest BCUT2D eigenvalue weighted by molar-refractivity contribution is 0.271. The smallest absolute Gasteiger partial charge is 0.175 e. The fourth-order valence-electron chi connectivity index (χ4n) is 0.383. The number of hydrogen-bond donors (Lipinski definition) is 1. The van der Waals surface area contributed by atoms with Crippen molar-refractivity contribution in [3.05, 3.63) is 0 Å². The highest BCUT2D eigenvalue weighted by molar-refractivity contribution is 7.94. The van der Waals surface area contributed by atoms with E-state index in [1.165, 1.54) is 0 Å². The van der Waals surface area contributed by atoms with Crippen LogP contribution in [0.25, 0.3) is 0 Å². The molecule has 5 nitrogen and oxygen atoms in total. The van der Waals surface area contributed by atoms with Crippen LogP contribution >= 0.6 is 0 Å². The van der Waals surface area contributed by atoms with Crippen molar-refractivity contribution in [1.29, 1.82) is 0 Å². The molecule has 1 N–H and O–H groups in total. The number of aliphatic hydroxyl groups is 1. The molecule has 0 saturated heterocycles. The molecule has 0 saturated carbocycles. The van der Waals surface area contributed by atoms with Crippen LogP contribution in [-0.4, -0.2) is 45.6 Å². The van der Waals surface area contributed by atoms with Crippen LogP contribution in [0, 0.1) is 0 Å². The van der Waals surface area contributed by atoms with Gasteiger partial charge in [0.1, 0.15) is 0 Å². The molecule has 0 fully saturated rings. The highest BCUT2D eigenvalue weighted by Gasteiger charge is 2.21. The van der Waals surface area contributed by atoms with Gasteiger partial charge < -0.3 is 5.11 Å². The van der Waals surface area contributed by atoms with Crippen molar-refractivity contribution in [3.8, 4) is 0 Å². The Balaban J connectivity index is 4.47. The summed E-state index contributed by atoms with van der Waals surface area (Å²) >= 11 is 0. The Morgan fingerprint density at radius 3 is 1.64 bits per heavy atom. The Labute approximate surface area is 65.9 Å². The van der Waals surface area contributed by atoms with Gasteiger partial charge in [0.15, 0.2) is 25.1 Å². The molecule has 0 aromatic heterocycles. The third-order valence-electron chi connectivity index (χ3n) is 0.940. The zero-order valence-corrected chi connectivity index (χ0v) is 7.81. The van der Waals surface area contributed by atoms with Crippen LogP contribution in [0.3, 0.4) is 0 Å². The van der Waals surface area contributed by atoms with E-state index < -0.39 is 30.9 Å². The van der Waals surface area contributed by atoms with Crippen LogP contribution in [-0.2, 0) is 19.7 Å². The molecule has 68 valence electrons. The van der Waals surface area contributed by atoms with E-state index in [2.05, 4.69) is 0 Å². The van der Waals surface area contributed by atoms with E-state index in [0.29, 0.717) is 0 Å². The van der Waals surface area contributed by atoms with E-state index in [1.54, 1.807) is 0 Å². The van der Waals surface area contributed by atoms with Gasteiger partial charge in [-0.1, -0.05) is 0 Å². The number of aliphatic hydroxyl groups excluding tert-OH is 1. The topological polar surface area (TPSA) is 88.5 Å². The summed E-state index contributed by atoms with van der Waals surface area (Å²) in [4.78, 5) is 0. The molecule has 1 atom stereocenters. The second kappa shape index (κ2) is 3.08. The van der Waals surface area contributed by atoms with E-state index >= 15 is 0 Å². The maximum atomic E-state index is 10.5. The van der Waals surface area contributed by atoms with Gasteiger partial charge in [0.05, 0.1) is 5.75 Å². The van der Waals surface area contributed by atoms with Gasteiger partial charge in [-0.2, -0.15) is 0 Å². The molecule has 0 aliphatic carbocycles. The summed E-state index contributed by atoms with van der Waals surface area (Å²) in [5.74, 6) is -0.744. The quantitative estimate of drug-likeness (QED) is 0.595. The minimum atomic E-state index is -3.66. The van der Waals surface area contributed by atoms with Gasteiger partial charge in [-0.05, 0) is 0 Å². The van der Waals surface area contributed by atoms with E-state index in [4.69, 9.17) is 5.11 Å². The van der Waals surface area contributed by atoms with Crippen molar-refractivity contribution in [3.63, 3.8) is 0 Å². The maximum absolute atomic E-state index is 10.5. The standard InChI is InChI=1S/C4H10O5S2/c1-10(6,7)3-4(5)11(2,8)9/h4-5H,3H2,1-2H3. The molecule has 0 aromatic rings. The molecule has 0 bridgehead atoms. The average Bonchev–Trinajstić information content (AvgIpc) is 1.56. The summed E-state index contributed by atoms with van der Waals surface area (Å²) < 4.78 is 41.9. The SMILES string of the molecule is CS(=O)(=O)CC(O)S(C)(=O)=O. The summed E-state index contributed by atoms with van der Waals surface area (Å²) in [6.07, 6.45) is 1.64. The molecule has 0 aromatic carbocycles. The normalized spacial score (nSPS) is 16.3. The van der Waals surface area contributed by atoms with Crippen LogP contribution < -0.4 is 0 Å². The van der Waals surface area contributed by atoms with Crippen molar-refractivity contribution in [2.24, 2.45) is 0 Å². The molecule has 0 amide bonds. The molecule has 0 aliphatic rings. The predicted molar refractivity (Wildman–Crippen MR) is 40.6 cm³/mol. The van der Waals surface area contributed by atoms with Crippen LogP contribution in [0.15, 0.2) is 0 Å². The molecule has 11 heavy (non-hydrogen) atoms. The van der Waals surface area contributed by atoms with E-state index in [1.807, 2.05) is 0 Å². The Bertz CT molecular complexity index is 310. The Hall–Kier alpha value is -0.140. The minimum Gasteiger partial charge on any atom is -0.376 e. The fourth-order valence-corrected chi connectivity index (χ4v) is 2.63. The maximum Gasteiger partial charge on any atom is 0.175 e. The van der Waals surface area contributed by atoms with Crippen LogP contribution in [0.2, 0.25) is 0 Å². The van der Waals surface area contributed by atoms with Crippen LogP contribution in [0.1, 0.15) is 0 Å². The highest BCUT2D eigenvalue weighted by Crippen LogP contribution is 1.97. The molecule has 0 spiro atoms. The summed E-state index contributed by atoms with van der Waals surface area (Å²) in [6, 6.07) is 0. The summed E-state index contributed by atoms with van der Waals surface area (Å²) in [5, 5.41) is 8.75. The zero-order valence-electron chi connectivity index (χ0n) is 6.18. The van der Waals surface area contributed by atoms with Gasteiger partial charge in [-0.3, -0.25) is 0 Å². The average molecular weight is 202 g/mol. The molecule has 0 rings (SSSR count). The third-order valence-corrected chi connectivity index (χ3v) is 3.23. The van der Waals surface area contributed by atoms with E-state index in [9.17, 15) is 16.8 Å². The van der Waals surface area contributed by atoms with E-state index in [0.717, 1.165) is 12.5 Å². The van der Waals surface area contributed by atoms with Gasteiger partial charge in [-0.15, -0.1) is 0 Å². The largest absolute Gasteiger partial charge is 0.376 e. The Kier molecular flexibility index (Phi) is 3.04. The molecular formula is C4H10O5S2. The molecule has 1 unspecified atom stereocenters. The van der Waals surface area contributed by atoms with Crippen LogP contribution in [0.5, 0.6) is 0 Å². The predicted octanol–water partition coefficient (Wildman–Crippen LogP) is -1.61. The lowest BCUT2D eigenvalue weighted by Crippen LogP contribution is -2.27. The number of hydrogen-bond acceptors (Lipinski definition) is 5. The summed E-state index contributed by atoms with van der Waals surface area (Å²) in [6.45, 7) is 0. The molecule has 0 heterocycles. The third kappa shape index (κ3) is 5.16. The van der Waals surface area contributed by atoms with Crippen molar-refractivity contribution in [2.75, 3.05) is 18.3 Å². The van der Waals surface area contributed by atoms with Crippen molar-refractivity contribution in [2.45, 2.75) is 5.44 Å². The second-order valence-corrected chi connectivity index (χ2v) is 6.76. The Morgan fingerprint density at radius 1 is 1.18 bits per heavy atom. The fraction of sp³-hybridized carbons (Fsp3) is 1.00. The second-order valence-electron chi connectivity index (χ2n) is 2.38. The molecule has 7 heteroatoms. The van der Waals surface area contributed by atoms with Gasteiger partial charge in [0, 0.05) is 12.5 Å². The number of sulfone groups is 2. The molecule has 0 radical (unpaired) electrons. The monoisotopic (exact) mass is 202 g/mol. The van der Waals surface area contributed by atoms with Crippen molar-refractivity contribution >= 4 is 19.7 Å². The lowest BCUT2D eigenvalue weighted by Gasteiger charge is -2.05. The lowest BCUT2D eigenvalue weighted by atomic mass is 10.9. The number of rotatable bonds is 3. The minimum absolute atomic E-state index is 0.744. The Morgan fingerprint density at radius 2 is 1.55 bits per heavy atom. The van der Waals surface area contributed by atoms with Gasteiger partial charge in [0.25, 0.3) is 0 Å². The summed E-state index contributed by atoms with van der Waals surface area (Å²) in [7, 11) is -7.10. The van der Waals surface area contributed by atoms with Gasteiger partial charge in [0.2, 0.25) is 0 Å². The van der Waals surface area contributed by atoms with Crippen molar-refractivity contribution < 1.29 is 21.9 Å². The summed E-state index contributed by atoms with van der Waals surface area (Å²) in [5.41, 5.74) is -1.81. The molecular weight excluding hydrogens is 192 g/mol. The van der Waals surface area contributed by atoms with E-state index in [-0.39, 0.29) is 0 Å². The van der Waals surface area contributed by atoms with Crippen LogP contribution in [0.4, 0.5) is 0 Å². The zero-order chi connectivity index (χ0) is 9.28. The van der Waals surface area contributed by atoms with Gasteiger partial charge in [-0.25, -0.2) is 16.8 Å².